The normalized spacial score (nSPS) is 10.1. The third-order valence-electron chi connectivity index (χ3n) is 2.09. The highest BCUT2D eigenvalue weighted by Crippen LogP contribution is 2.31. The maximum Gasteiger partial charge on any atom is 0.129 e. The first-order chi connectivity index (χ1) is 7.72. The van der Waals surface area contributed by atoms with Gasteiger partial charge in [-0.2, -0.15) is 0 Å². The van der Waals surface area contributed by atoms with Crippen LogP contribution < -0.4 is 10.5 Å². The van der Waals surface area contributed by atoms with Crippen LogP contribution in [-0.4, -0.2) is 17.1 Å². The third-order valence-corrected chi connectivity index (χ3v) is 3.18. The molecule has 2 rings (SSSR count). The number of hydrogen-bond donors (Lipinski definition) is 1. The summed E-state index contributed by atoms with van der Waals surface area (Å²) < 4.78 is 5.27. The van der Waals surface area contributed by atoms with E-state index in [2.05, 4.69) is 4.98 Å². The molecule has 0 bridgehead atoms. The molecule has 1 aromatic carbocycles. The van der Waals surface area contributed by atoms with E-state index in [1.54, 1.807) is 7.11 Å². The zero-order valence-electron chi connectivity index (χ0n) is 8.64. The van der Waals surface area contributed by atoms with Crippen molar-refractivity contribution in [2.45, 2.75) is 0 Å². The van der Waals surface area contributed by atoms with Gasteiger partial charge in [0.2, 0.25) is 0 Å². The van der Waals surface area contributed by atoms with Crippen molar-refractivity contribution in [3.63, 3.8) is 0 Å². The second-order valence-corrected chi connectivity index (χ2v) is 4.40. The van der Waals surface area contributed by atoms with Crippen LogP contribution in [-0.2, 0) is 0 Å². The minimum atomic E-state index is 0.317. The topological polar surface area (TPSA) is 48.1 Å². The van der Waals surface area contributed by atoms with Gasteiger partial charge in [-0.25, -0.2) is 4.98 Å². The Bertz CT molecular complexity index is 522. The molecule has 0 saturated carbocycles. The van der Waals surface area contributed by atoms with Gasteiger partial charge >= 0.3 is 0 Å². The number of aromatic nitrogens is 1. The number of nitrogens with two attached hydrogens (primary N) is 1. The van der Waals surface area contributed by atoms with Gasteiger partial charge < -0.3 is 10.5 Å². The van der Waals surface area contributed by atoms with E-state index in [0.29, 0.717) is 10.7 Å². The molecule has 0 saturated heterocycles. The predicted molar refractivity (Wildman–Crippen MR) is 70.0 cm³/mol. The fourth-order valence-corrected chi connectivity index (χ4v) is 2.36. The largest absolute Gasteiger partial charge is 0.496 e. The first kappa shape index (κ1) is 11.0. The number of methoxy groups -OCH3 is 1. The zero-order chi connectivity index (χ0) is 11.5. The van der Waals surface area contributed by atoms with Crippen molar-refractivity contribution in [3.8, 4) is 16.3 Å². The van der Waals surface area contributed by atoms with Crippen molar-refractivity contribution in [3.05, 3.63) is 35.3 Å². The number of para-hydroxylation sites is 1. The van der Waals surface area contributed by atoms with Crippen LogP contribution in [0.3, 0.4) is 0 Å². The summed E-state index contributed by atoms with van der Waals surface area (Å²) in [5.41, 5.74) is 7.13. The van der Waals surface area contributed by atoms with Gasteiger partial charge in [0.25, 0.3) is 0 Å². The molecular weight excluding hydrogens is 240 g/mol. The lowest BCUT2D eigenvalue weighted by Gasteiger charge is -2.04. The second-order valence-electron chi connectivity index (χ2n) is 3.10. The molecule has 1 heterocycles. The molecule has 0 fully saturated rings. The monoisotopic (exact) mass is 250 g/mol. The molecule has 0 aliphatic carbocycles. The van der Waals surface area contributed by atoms with Crippen molar-refractivity contribution < 1.29 is 4.74 Å². The number of ether oxygens (including phenoxy) is 1. The number of thiazole rings is 1. The Morgan fingerprint density at radius 3 is 2.81 bits per heavy atom. The van der Waals surface area contributed by atoms with E-state index in [9.17, 15) is 0 Å². The van der Waals surface area contributed by atoms with E-state index in [1.165, 1.54) is 11.3 Å². The number of thiocarbonyl (C=S) groups is 1. The fraction of sp³-hybridized carbons (Fsp3) is 0.0909. The van der Waals surface area contributed by atoms with E-state index >= 15 is 0 Å². The first-order valence-corrected chi connectivity index (χ1v) is 5.90. The highest BCUT2D eigenvalue weighted by Gasteiger charge is 2.10. The summed E-state index contributed by atoms with van der Waals surface area (Å²) in [5, 5.41) is 2.71. The quantitative estimate of drug-likeness (QED) is 0.850. The van der Waals surface area contributed by atoms with Crippen LogP contribution >= 0.6 is 23.6 Å². The van der Waals surface area contributed by atoms with E-state index in [0.717, 1.165) is 16.3 Å². The SMILES string of the molecule is COc1ccccc1-c1nc(C(N)=S)cs1. The first-order valence-electron chi connectivity index (χ1n) is 4.61. The van der Waals surface area contributed by atoms with Crippen LogP contribution in [0.5, 0.6) is 5.75 Å². The molecule has 0 radical (unpaired) electrons. The molecule has 0 aliphatic rings. The number of benzene rings is 1. The van der Waals surface area contributed by atoms with Crippen LogP contribution in [0.4, 0.5) is 0 Å². The molecule has 2 N–H and O–H groups in total. The Labute approximate surface area is 103 Å². The Morgan fingerprint density at radius 2 is 2.19 bits per heavy atom. The summed E-state index contributed by atoms with van der Waals surface area (Å²) in [4.78, 5) is 4.68. The maximum atomic E-state index is 5.52. The molecule has 2 aromatic rings. The lowest BCUT2D eigenvalue weighted by molar-refractivity contribution is 0.416. The maximum absolute atomic E-state index is 5.52. The summed E-state index contributed by atoms with van der Waals surface area (Å²) in [7, 11) is 1.64. The Hall–Kier alpha value is -1.46. The smallest absolute Gasteiger partial charge is 0.129 e. The Kier molecular flexibility index (Phi) is 3.17. The van der Waals surface area contributed by atoms with Crippen molar-refractivity contribution in [2.24, 2.45) is 5.73 Å². The standard InChI is InChI=1S/C11H10N2OS2/c1-14-9-5-3-2-4-7(9)11-13-8(6-16-11)10(12)15/h2-6H,1H3,(H2,12,15). The summed E-state index contributed by atoms with van der Waals surface area (Å²) >= 11 is 6.38. The molecule has 5 heteroatoms. The molecule has 0 amide bonds. The van der Waals surface area contributed by atoms with E-state index < -0.39 is 0 Å². The minimum Gasteiger partial charge on any atom is -0.496 e. The van der Waals surface area contributed by atoms with Gasteiger partial charge in [0.05, 0.1) is 12.7 Å². The van der Waals surface area contributed by atoms with Crippen LogP contribution in [0.25, 0.3) is 10.6 Å². The lowest BCUT2D eigenvalue weighted by Crippen LogP contribution is -2.09. The van der Waals surface area contributed by atoms with E-state index in [4.69, 9.17) is 22.7 Å². The zero-order valence-corrected chi connectivity index (χ0v) is 10.3. The number of nitrogens with zero attached hydrogens (tertiary/aromatic N) is 1. The van der Waals surface area contributed by atoms with E-state index in [-0.39, 0.29) is 0 Å². The fourth-order valence-electron chi connectivity index (χ4n) is 1.33. The highest BCUT2D eigenvalue weighted by molar-refractivity contribution is 7.80. The summed E-state index contributed by atoms with van der Waals surface area (Å²) in [6.45, 7) is 0. The Morgan fingerprint density at radius 1 is 1.44 bits per heavy atom. The molecule has 82 valence electrons. The van der Waals surface area contributed by atoms with Gasteiger partial charge in [-0.15, -0.1) is 11.3 Å². The third kappa shape index (κ3) is 2.05. The van der Waals surface area contributed by atoms with Crippen molar-refractivity contribution in [1.82, 2.24) is 4.98 Å². The Balaban J connectivity index is 2.46. The van der Waals surface area contributed by atoms with Crippen LogP contribution in [0, 0.1) is 0 Å². The molecular formula is C11H10N2OS2. The van der Waals surface area contributed by atoms with E-state index in [1.807, 2.05) is 29.6 Å². The number of hydrogen-bond acceptors (Lipinski definition) is 4. The predicted octanol–water partition coefficient (Wildman–Crippen LogP) is 2.45. The van der Waals surface area contributed by atoms with Gasteiger partial charge in [-0.05, 0) is 12.1 Å². The summed E-state index contributed by atoms with van der Waals surface area (Å²) in [6.07, 6.45) is 0. The number of rotatable bonds is 3. The molecule has 0 aliphatic heterocycles. The van der Waals surface area contributed by atoms with Crippen molar-refractivity contribution in [1.29, 1.82) is 0 Å². The van der Waals surface area contributed by atoms with Crippen molar-refractivity contribution in [2.75, 3.05) is 7.11 Å². The van der Waals surface area contributed by atoms with Crippen LogP contribution in [0.2, 0.25) is 0 Å². The summed E-state index contributed by atoms with van der Waals surface area (Å²) in [5.74, 6) is 0.798. The van der Waals surface area contributed by atoms with Gasteiger partial charge in [0.15, 0.2) is 0 Å². The summed E-state index contributed by atoms with van der Waals surface area (Å²) in [6, 6.07) is 7.72. The van der Waals surface area contributed by atoms with Gasteiger partial charge in [0, 0.05) is 5.38 Å². The molecule has 3 nitrogen and oxygen atoms in total. The molecule has 0 unspecified atom stereocenters. The molecule has 1 aromatic heterocycles. The molecule has 0 spiro atoms. The van der Waals surface area contributed by atoms with Crippen LogP contribution in [0.15, 0.2) is 29.6 Å². The molecule has 0 atom stereocenters. The molecule has 16 heavy (non-hydrogen) atoms. The van der Waals surface area contributed by atoms with Gasteiger partial charge in [0.1, 0.15) is 21.4 Å². The average Bonchev–Trinajstić information content (AvgIpc) is 2.78. The lowest BCUT2D eigenvalue weighted by atomic mass is 10.2. The van der Waals surface area contributed by atoms with Crippen molar-refractivity contribution >= 4 is 28.5 Å². The van der Waals surface area contributed by atoms with Gasteiger partial charge in [-0.3, -0.25) is 0 Å². The second kappa shape index (κ2) is 4.59. The average molecular weight is 250 g/mol. The minimum absolute atomic E-state index is 0.317. The van der Waals surface area contributed by atoms with Crippen LogP contribution in [0.1, 0.15) is 5.69 Å². The van der Waals surface area contributed by atoms with Gasteiger partial charge in [-0.1, -0.05) is 24.4 Å². The highest BCUT2D eigenvalue weighted by atomic mass is 32.1.